The van der Waals surface area contributed by atoms with Crippen LogP contribution in [0.2, 0.25) is 0 Å². The Balaban J connectivity index is 0.729. The molecule has 2 amide bonds. The quantitative estimate of drug-likeness (QED) is 0.0499. The highest BCUT2D eigenvalue weighted by atomic mass is 35.5. The van der Waals surface area contributed by atoms with Gasteiger partial charge >= 0.3 is 0 Å². The Kier molecular flexibility index (Phi) is 15.6. The number of nitrogens with one attached hydrogen (secondary N) is 2. The number of pyridine rings is 1. The topological polar surface area (TPSA) is 140 Å². The van der Waals surface area contributed by atoms with Crippen molar-refractivity contribution in [3.8, 4) is 28.7 Å². The highest BCUT2D eigenvalue weighted by Crippen LogP contribution is 2.36. The van der Waals surface area contributed by atoms with Gasteiger partial charge in [0, 0.05) is 36.7 Å². The van der Waals surface area contributed by atoms with Gasteiger partial charge in [-0.2, -0.15) is 5.10 Å². The minimum Gasteiger partial charge on any atom is -0.494 e. The zero-order chi connectivity index (χ0) is 45.8. The number of amides is 2. The van der Waals surface area contributed by atoms with Crippen LogP contribution in [0.15, 0.2) is 114 Å². The molecule has 0 unspecified atom stereocenters. The average Bonchev–Trinajstić information content (AvgIpc) is 3.86. The summed E-state index contributed by atoms with van der Waals surface area (Å²) >= 11 is 5.92. The lowest BCUT2D eigenvalue weighted by molar-refractivity contribution is -0.116. The first kappa shape index (κ1) is 46.2. The van der Waals surface area contributed by atoms with Gasteiger partial charge in [-0.25, -0.2) is 18.7 Å². The van der Waals surface area contributed by atoms with Crippen LogP contribution < -0.4 is 25.0 Å². The Labute approximate surface area is 388 Å². The van der Waals surface area contributed by atoms with Crippen LogP contribution in [-0.4, -0.2) is 75.6 Å². The van der Waals surface area contributed by atoms with Gasteiger partial charge in [-0.3, -0.25) is 14.3 Å². The van der Waals surface area contributed by atoms with Crippen molar-refractivity contribution in [2.45, 2.75) is 70.4 Å². The van der Waals surface area contributed by atoms with E-state index in [1.807, 2.05) is 78.9 Å². The molecule has 3 heterocycles. The maximum Gasteiger partial charge on any atom is 0.284 e. The number of alkyl halides is 3. The van der Waals surface area contributed by atoms with Gasteiger partial charge in [-0.15, -0.1) is 11.6 Å². The smallest absolute Gasteiger partial charge is 0.284 e. The largest absolute Gasteiger partial charge is 0.494 e. The lowest BCUT2D eigenvalue weighted by Crippen LogP contribution is -2.31. The summed E-state index contributed by atoms with van der Waals surface area (Å²) in [7, 11) is 2.14. The zero-order valence-electron chi connectivity index (χ0n) is 37.0. The van der Waals surface area contributed by atoms with Crippen molar-refractivity contribution in [2.24, 2.45) is 11.8 Å². The van der Waals surface area contributed by atoms with E-state index < -0.39 is 18.0 Å². The first-order chi connectivity index (χ1) is 32.2. The maximum atomic E-state index is 14.2. The number of oxazole rings is 1. The fourth-order valence-corrected chi connectivity index (χ4v) is 8.32. The molecule has 0 spiro atoms. The zero-order valence-corrected chi connectivity index (χ0v) is 37.7. The lowest BCUT2D eigenvalue weighted by Gasteiger charge is -2.31. The minimum absolute atomic E-state index is 0.0248. The summed E-state index contributed by atoms with van der Waals surface area (Å²) in [6.07, 6.45) is 9.35. The first-order valence-corrected chi connectivity index (χ1v) is 23.1. The Bertz CT molecular complexity index is 2490. The molecule has 0 saturated heterocycles. The van der Waals surface area contributed by atoms with Crippen molar-refractivity contribution in [1.82, 2.24) is 24.6 Å². The van der Waals surface area contributed by atoms with Crippen molar-refractivity contribution in [3.63, 3.8) is 0 Å². The molecule has 3 aromatic heterocycles. The molecule has 0 radical (unpaired) electrons. The van der Waals surface area contributed by atoms with Gasteiger partial charge < -0.3 is 34.3 Å². The molecular weight excluding hydrogens is 866 g/mol. The molecule has 16 heteroatoms. The van der Waals surface area contributed by atoms with Crippen LogP contribution >= 0.6 is 11.6 Å². The van der Waals surface area contributed by atoms with Gasteiger partial charge in [0.05, 0.1) is 24.9 Å². The molecule has 2 aliphatic rings. The van der Waals surface area contributed by atoms with E-state index in [2.05, 4.69) is 37.6 Å². The molecule has 346 valence electrons. The summed E-state index contributed by atoms with van der Waals surface area (Å²) in [6, 6.07) is 28.2. The lowest BCUT2D eigenvalue weighted by atomic mass is 9.86. The van der Waals surface area contributed by atoms with Crippen LogP contribution in [-0.2, 0) is 11.3 Å². The number of hydrogen-bond donors (Lipinski definition) is 2. The van der Waals surface area contributed by atoms with E-state index >= 15 is 0 Å². The first-order valence-electron chi connectivity index (χ1n) is 22.6. The number of benzene rings is 3. The molecule has 0 bridgehead atoms. The number of carbonyl (C=O) groups is 2. The summed E-state index contributed by atoms with van der Waals surface area (Å²) in [5, 5.41) is 10.1. The van der Waals surface area contributed by atoms with E-state index in [0.717, 1.165) is 75.2 Å². The fourth-order valence-electron chi connectivity index (χ4n) is 8.17. The van der Waals surface area contributed by atoms with Crippen LogP contribution in [0.3, 0.4) is 0 Å². The summed E-state index contributed by atoms with van der Waals surface area (Å²) in [5.41, 5.74) is 1.88. The third-order valence-electron chi connectivity index (χ3n) is 12.0. The van der Waals surface area contributed by atoms with Crippen molar-refractivity contribution in [1.29, 1.82) is 0 Å². The van der Waals surface area contributed by atoms with Crippen molar-refractivity contribution in [2.75, 3.05) is 54.7 Å². The number of rotatable bonds is 22. The second-order valence-corrected chi connectivity index (χ2v) is 17.4. The normalized spacial score (nSPS) is 16.0. The van der Waals surface area contributed by atoms with Crippen LogP contribution in [0.25, 0.3) is 11.5 Å². The van der Waals surface area contributed by atoms with Gasteiger partial charge in [0.1, 0.15) is 35.2 Å². The van der Waals surface area contributed by atoms with E-state index in [0.29, 0.717) is 47.9 Å². The van der Waals surface area contributed by atoms with Gasteiger partial charge in [0.25, 0.3) is 12.3 Å². The second-order valence-electron chi connectivity index (χ2n) is 17.1. The standard InChI is InChI=1S/C50H55ClF2N8O5/c1-59(25-5-6-26-64-40-19-21-42(22-20-40)66-41-17-15-38(16-18-41)60(46(62)28-51)31-35-7-3-2-4-8-35)30-36-11-13-39(14-12-36)61-32-43(47(58-61)48(52)53)56-49(63)44-33-65-50(57-44)37-23-24-54-45(27-37)55-29-34-9-10-34/h2-4,7-8,15-24,27,32-34,36,39,48H,5-6,9-14,25-26,28-31H2,1H3,(H,54,55)(H,56,63)/t36-,39-. The second kappa shape index (κ2) is 22.2. The Morgan fingerprint density at radius 3 is 2.33 bits per heavy atom. The molecule has 2 aliphatic carbocycles. The van der Waals surface area contributed by atoms with Gasteiger partial charge in [-0.05, 0) is 143 Å². The molecule has 2 saturated carbocycles. The Morgan fingerprint density at radius 1 is 0.909 bits per heavy atom. The minimum atomic E-state index is -2.86. The highest BCUT2D eigenvalue weighted by molar-refractivity contribution is 6.29. The van der Waals surface area contributed by atoms with Crippen LogP contribution in [0.4, 0.5) is 26.0 Å². The molecule has 2 fully saturated rings. The van der Waals surface area contributed by atoms with E-state index in [4.69, 9.17) is 25.5 Å². The summed E-state index contributed by atoms with van der Waals surface area (Å²) in [4.78, 5) is 38.5. The average molecular weight is 921 g/mol. The number of unbranched alkanes of at least 4 members (excludes halogenated alkanes) is 1. The number of anilines is 3. The molecule has 0 atom stereocenters. The van der Waals surface area contributed by atoms with Crippen molar-refractivity contribution < 1.29 is 32.3 Å². The van der Waals surface area contributed by atoms with Crippen molar-refractivity contribution >= 4 is 40.6 Å². The Morgan fingerprint density at radius 2 is 1.62 bits per heavy atom. The summed E-state index contributed by atoms with van der Waals surface area (Å²) in [5.74, 6) is 3.23. The third-order valence-corrected chi connectivity index (χ3v) is 12.2. The summed E-state index contributed by atoms with van der Waals surface area (Å²) < 4.78 is 47.6. The number of carbonyl (C=O) groups excluding carboxylic acids is 2. The molecule has 13 nitrogen and oxygen atoms in total. The molecule has 3 aromatic carbocycles. The predicted octanol–water partition coefficient (Wildman–Crippen LogP) is 11.0. The van der Waals surface area contributed by atoms with Crippen LogP contribution in [0.1, 0.15) is 85.6 Å². The van der Waals surface area contributed by atoms with Crippen molar-refractivity contribution in [3.05, 3.63) is 127 Å². The van der Waals surface area contributed by atoms with Gasteiger partial charge in [0.2, 0.25) is 11.8 Å². The number of aromatic nitrogens is 4. The monoisotopic (exact) mass is 920 g/mol. The van der Waals surface area contributed by atoms with Gasteiger partial charge in [0.15, 0.2) is 11.4 Å². The highest BCUT2D eigenvalue weighted by Gasteiger charge is 2.28. The molecule has 6 aromatic rings. The molecule has 66 heavy (non-hydrogen) atoms. The molecule has 0 aliphatic heterocycles. The fraction of sp³-hybridized carbons (Fsp3) is 0.380. The number of ether oxygens (including phenoxy) is 2. The van der Waals surface area contributed by atoms with E-state index in [1.54, 1.807) is 27.9 Å². The van der Waals surface area contributed by atoms with Gasteiger partial charge in [-0.1, -0.05) is 30.3 Å². The predicted molar refractivity (Wildman–Crippen MR) is 251 cm³/mol. The number of hydrogen-bond acceptors (Lipinski definition) is 10. The van der Waals surface area contributed by atoms with E-state index in [9.17, 15) is 18.4 Å². The van der Waals surface area contributed by atoms with Crippen LogP contribution in [0, 0.1) is 11.8 Å². The molecule has 8 rings (SSSR count). The van der Waals surface area contributed by atoms with E-state index in [-0.39, 0.29) is 35.1 Å². The summed E-state index contributed by atoms with van der Waals surface area (Å²) in [6.45, 7) is 3.76. The van der Waals surface area contributed by atoms with Crippen LogP contribution in [0.5, 0.6) is 17.2 Å². The SMILES string of the molecule is CN(CCCCOc1ccc(Oc2ccc(N(Cc3ccccc3)C(=O)CCl)cc2)cc1)C[C@H]1CC[C@H](n2cc(NC(=O)c3coc(-c4ccnc(NCC5CC5)c4)n3)c(C(F)F)n2)CC1. The molecular formula is C50H55ClF2N8O5. The number of nitrogens with zero attached hydrogens (tertiary/aromatic N) is 6. The van der Waals surface area contributed by atoms with E-state index in [1.165, 1.54) is 25.3 Å². The third kappa shape index (κ3) is 12.7. The molecule has 2 N–H and O–H groups in total. The Hall–Kier alpha value is -6.32. The number of halogens is 3. The maximum absolute atomic E-state index is 14.2.